The molecule has 0 aromatic heterocycles. The molecule has 1 aromatic carbocycles. The minimum Gasteiger partial charge on any atom is -0.493 e. The Morgan fingerprint density at radius 3 is 2.75 bits per heavy atom. The van der Waals surface area contributed by atoms with Crippen LogP contribution in [0.2, 0.25) is 0 Å². The fourth-order valence-corrected chi connectivity index (χ4v) is 2.68. The number of halogens is 1. The molecule has 2 fully saturated rings. The second-order valence-corrected chi connectivity index (χ2v) is 6.41. The third-order valence-corrected chi connectivity index (χ3v) is 4.23. The fourth-order valence-electron chi connectivity index (χ4n) is 2.20. The minimum absolute atomic E-state index is 0.0378. The van der Waals surface area contributed by atoms with Crippen LogP contribution in [-0.2, 0) is 4.74 Å². The Morgan fingerprint density at radius 1 is 1.35 bits per heavy atom. The number of carbonyl (C=O) groups is 1. The van der Waals surface area contributed by atoms with Gasteiger partial charge in [0, 0.05) is 30.2 Å². The molecule has 1 saturated heterocycles. The highest BCUT2D eigenvalue weighted by molar-refractivity contribution is 9.10. The molecule has 4 nitrogen and oxygen atoms in total. The quantitative estimate of drug-likeness (QED) is 0.827. The van der Waals surface area contributed by atoms with E-state index < -0.39 is 0 Å². The summed E-state index contributed by atoms with van der Waals surface area (Å²) in [7, 11) is 1.68. The second-order valence-electron chi connectivity index (χ2n) is 5.50. The van der Waals surface area contributed by atoms with E-state index in [2.05, 4.69) is 15.9 Å². The molecule has 0 radical (unpaired) electrons. The van der Waals surface area contributed by atoms with Crippen LogP contribution >= 0.6 is 15.9 Å². The Kier molecular flexibility index (Phi) is 3.98. The van der Waals surface area contributed by atoms with Gasteiger partial charge in [-0.05, 0) is 37.0 Å². The molecular weight excluding hydrogens is 322 g/mol. The monoisotopic (exact) mass is 339 g/mol. The summed E-state index contributed by atoms with van der Waals surface area (Å²) in [6.07, 6.45) is 2.69. The van der Waals surface area contributed by atoms with Crippen LogP contribution in [0.4, 0.5) is 0 Å². The summed E-state index contributed by atoms with van der Waals surface area (Å²) < 4.78 is 11.8. The van der Waals surface area contributed by atoms with Crippen molar-refractivity contribution in [2.75, 3.05) is 26.8 Å². The van der Waals surface area contributed by atoms with E-state index in [4.69, 9.17) is 9.47 Å². The Labute approximate surface area is 127 Å². The second kappa shape index (κ2) is 5.74. The zero-order valence-corrected chi connectivity index (χ0v) is 13.1. The predicted molar refractivity (Wildman–Crippen MR) is 79.1 cm³/mol. The Hall–Kier alpha value is -1.07. The number of benzene rings is 1. The van der Waals surface area contributed by atoms with Crippen molar-refractivity contribution in [2.45, 2.75) is 18.9 Å². The smallest absolute Gasteiger partial charge is 0.254 e. The van der Waals surface area contributed by atoms with E-state index in [9.17, 15) is 4.79 Å². The van der Waals surface area contributed by atoms with E-state index in [-0.39, 0.29) is 12.0 Å². The first-order valence-corrected chi connectivity index (χ1v) is 7.70. The molecule has 0 atom stereocenters. The molecule has 1 aliphatic carbocycles. The molecular formula is C15H18BrNO3. The molecule has 20 heavy (non-hydrogen) atoms. The molecule has 3 rings (SSSR count). The topological polar surface area (TPSA) is 38.8 Å². The Balaban J connectivity index is 1.66. The third-order valence-electron chi connectivity index (χ3n) is 3.77. The zero-order chi connectivity index (χ0) is 14.1. The van der Waals surface area contributed by atoms with Gasteiger partial charge >= 0.3 is 0 Å². The predicted octanol–water partition coefficient (Wildman–Crippen LogP) is 2.71. The van der Waals surface area contributed by atoms with Gasteiger partial charge in [-0.3, -0.25) is 4.79 Å². The van der Waals surface area contributed by atoms with Crippen molar-refractivity contribution < 1.29 is 14.3 Å². The van der Waals surface area contributed by atoms with Crippen molar-refractivity contribution in [2.24, 2.45) is 5.92 Å². The van der Waals surface area contributed by atoms with Gasteiger partial charge in [-0.15, -0.1) is 0 Å². The molecule has 108 valence electrons. The zero-order valence-electron chi connectivity index (χ0n) is 11.5. The number of hydrogen-bond acceptors (Lipinski definition) is 3. The van der Waals surface area contributed by atoms with Crippen LogP contribution in [0.15, 0.2) is 22.7 Å². The lowest BCUT2D eigenvalue weighted by molar-refractivity contribution is -0.0192. The van der Waals surface area contributed by atoms with Gasteiger partial charge in [0.25, 0.3) is 5.91 Å². The average molecular weight is 340 g/mol. The highest BCUT2D eigenvalue weighted by Crippen LogP contribution is 2.31. The van der Waals surface area contributed by atoms with Crippen molar-refractivity contribution in [1.82, 2.24) is 4.90 Å². The molecule has 0 N–H and O–H groups in total. The molecule has 2 aliphatic rings. The van der Waals surface area contributed by atoms with Crippen molar-refractivity contribution in [1.29, 1.82) is 0 Å². The van der Waals surface area contributed by atoms with Crippen LogP contribution in [0, 0.1) is 5.92 Å². The fraction of sp³-hybridized carbons (Fsp3) is 0.533. The normalized spacial score (nSPS) is 18.8. The first-order chi connectivity index (χ1) is 9.65. The van der Waals surface area contributed by atoms with Crippen LogP contribution in [0.1, 0.15) is 23.2 Å². The minimum atomic E-state index is 0.0378. The molecule has 1 amide bonds. The van der Waals surface area contributed by atoms with Crippen LogP contribution in [0.3, 0.4) is 0 Å². The molecule has 1 aliphatic heterocycles. The van der Waals surface area contributed by atoms with Gasteiger partial charge in [0.1, 0.15) is 5.75 Å². The van der Waals surface area contributed by atoms with E-state index in [1.165, 1.54) is 12.8 Å². The van der Waals surface area contributed by atoms with Gasteiger partial charge in [0.15, 0.2) is 0 Å². The van der Waals surface area contributed by atoms with Gasteiger partial charge in [-0.1, -0.05) is 15.9 Å². The third kappa shape index (κ3) is 3.15. The van der Waals surface area contributed by atoms with Gasteiger partial charge in [-0.25, -0.2) is 0 Å². The molecule has 0 unspecified atom stereocenters. The lowest BCUT2D eigenvalue weighted by Gasteiger charge is -2.38. The van der Waals surface area contributed by atoms with Crippen molar-refractivity contribution >= 4 is 21.8 Å². The van der Waals surface area contributed by atoms with E-state index in [0.717, 1.165) is 16.8 Å². The molecule has 1 saturated carbocycles. The van der Waals surface area contributed by atoms with Gasteiger partial charge in [0.2, 0.25) is 0 Å². The Morgan fingerprint density at radius 2 is 2.10 bits per heavy atom. The number of carbonyl (C=O) groups excluding carboxylic acids is 1. The number of rotatable bonds is 5. The lowest BCUT2D eigenvalue weighted by atomic mass is 10.1. The van der Waals surface area contributed by atoms with E-state index in [1.54, 1.807) is 12.0 Å². The van der Waals surface area contributed by atoms with Gasteiger partial charge < -0.3 is 14.4 Å². The van der Waals surface area contributed by atoms with Crippen molar-refractivity contribution in [3.05, 3.63) is 28.2 Å². The molecule has 5 heteroatoms. The first kappa shape index (κ1) is 13.9. The molecule has 0 bridgehead atoms. The summed E-state index contributed by atoms with van der Waals surface area (Å²) in [5.74, 6) is 1.50. The van der Waals surface area contributed by atoms with Crippen LogP contribution in [0.25, 0.3) is 0 Å². The molecule has 1 heterocycles. The number of nitrogens with zero attached hydrogens (tertiary/aromatic N) is 1. The maximum atomic E-state index is 12.3. The Bertz CT molecular complexity index is 510. The standard InChI is InChI=1S/C15H18BrNO3/c1-19-14-7-17(8-14)15(18)11-4-12(16)6-13(5-11)20-9-10-2-3-10/h4-6,10,14H,2-3,7-9H2,1H3. The van der Waals surface area contributed by atoms with Gasteiger partial charge in [0.05, 0.1) is 12.7 Å². The summed E-state index contributed by atoms with van der Waals surface area (Å²) in [6.45, 7) is 2.08. The summed E-state index contributed by atoms with van der Waals surface area (Å²) in [5, 5.41) is 0. The summed E-state index contributed by atoms with van der Waals surface area (Å²) in [4.78, 5) is 14.1. The number of likely N-dealkylation sites (tertiary alicyclic amines) is 1. The van der Waals surface area contributed by atoms with Crippen LogP contribution in [0.5, 0.6) is 5.75 Å². The number of hydrogen-bond donors (Lipinski definition) is 0. The highest BCUT2D eigenvalue weighted by atomic mass is 79.9. The molecule has 0 spiro atoms. The largest absolute Gasteiger partial charge is 0.493 e. The number of methoxy groups -OCH3 is 1. The summed E-state index contributed by atoms with van der Waals surface area (Å²) in [6, 6.07) is 5.58. The summed E-state index contributed by atoms with van der Waals surface area (Å²) in [5.41, 5.74) is 0.666. The number of amides is 1. The van der Waals surface area contributed by atoms with Gasteiger partial charge in [-0.2, -0.15) is 0 Å². The first-order valence-electron chi connectivity index (χ1n) is 6.91. The average Bonchev–Trinajstić information content (AvgIpc) is 3.18. The molecule has 1 aromatic rings. The van der Waals surface area contributed by atoms with E-state index in [1.807, 2.05) is 18.2 Å². The SMILES string of the molecule is COC1CN(C(=O)c2cc(Br)cc(OCC3CC3)c2)C1. The summed E-state index contributed by atoms with van der Waals surface area (Å²) >= 11 is 3.44. The van der Waals surface area contributed by atoms with E-state index >= 15 is 0 Å². The lowest BCUT2D eigenvalue weighted by Crippen LogP contribution is -2.54. The van der Waals surface area contributed by atoms with Crippen LogP contribution < -0.4 is 4.74 Å². The van der Waals surface area contributed by atoms with E-state index in [0.29, 0.717) is 24.6 Å². The maximum absolute atomic E-state index is 12.3. The highest BCUT2D eigenvalue weighted by Gasteiger charge is 2.31. The van der Waals surface area contributed by atoms with Crippen molar-refractivity contribution in [3.63, 3.8) is 0 Å². The van der Waals surface area contributed by atoms with Crippen LogP contribution in [-0.4, -0.2) is 43.7 Å². The number of ether oxygens (including phenoxy) is 2. The maximum Gasteiger partial charge on any atom is 0.254 e. The van der Waals surface area contributed by atoms with Crippen molar-refractivity contribution in [3.8, 4) is 5.75 Å².